The number of rotatable bonds is 5. The number of thiazole rings is 1. The van der Waals surface area contributed by atoms with Gasteiger partial charge in [0.2, 0.25) is 0 Å². The Morgan fingerprint density at radius 2 is 1.79 bits per heavy atom. The maximum Gasteiger partial charge on any atom is 0.321 e. The highest BCUT2D eigenvalue weighted by Gasteiger charge is 2.18. The van der Waals surface area contributed by atoms with Crippen molar-refractivity contribution in [1.82, 2.24) is 15.0 Å². The van der Waals surface area contributed by atoms with Crippen molar-refractivity contribution in [2.45, 2.75) is 32.8 Å². The van der Waals surface area contributed by atoms with Crippen LogP contribution in [0.15, 0.2) is 48.1 Å². The van der Waals surface area contributed by atoms with Gasteiger partial charge in [0, 0.05) is 29.3 Å². The van der Waals surface area contributed by atoms with Crippen LogP contribution in [0.4, 0.5) is 0 Å². The first-order chi connectivity index (χ1) is 11.5. The van der Waals surface area contributed by atoms with E-state index >= 15 is 0 Å². The number of aromatic nitrogens is 3. The van der Waals surface area contributed by atoms with E-state index in [0.29, 0.717) is 24.1 Å². The van der Waals surface area contributed by atoms with Gasteiger partial charge in [0.25, 0.3) is 0 Å². The summed E-state index contributed by atoms with van der Waals surface area (Å²) in [5, 5.41) is 3.15. The van der Waals surface area contributed by atoms with Gasteiger partial charge in [-0.3, -0.25) is 0 Å². The summed E-state index contributed by atoms with van der Waals surface area (Å²) >= 11 is 1.66. The Hall–Kier alpha value is -2.47. The van der Waals surface area contributed by atoms with Crippen LogP contribution in [0, 0.1) is 0 Å². The Kier molecular flexibility index (Phi) is 4.76. The lowest BCUT2D eigenvalue weighted by Gasteiger charge is -2.13. The maximum atomic E-state index is 5.82. The predicted molar refractivity (Wildman–Crippen MR) is 93.7 cm³/mol. The molecule has 24 heavy (non-hydrogen) atoms. The Morgan fingerprint density at radius 3 is 2.50 bits per heavy atom. The molecule has 0 unspecified atom stereocenters. The number of benzene rings is 1. The van der Waals surface area contributed by atoms with Gasteiger partial charge in [-0.1, -0.05) is 26.8 Å². The van der Waals surface area contributed by atoms with Crippen molar-refractivity contribution in [3.05, 3.63) is 58.8 Å². The molecule has 0 saturated carbocycles. The molecule has 2 aromatic heterocycles. The predicted octanol–water partition coefficient (Wildman–Crippen LogP) is 4.60. The van der Waals surface area contributed by atoms with E-state index in [1.54, 1.807) is 29.8 Å². The van der Waals surface area contributed by atoms with E-state index < -0.39 is 0 Å². The third kappa shape index (κ3) is 4.29. The first-order valence-electron chi connectivity index (χ1n) is 7.63. The molecule has 5 nitrogen and oxygen atoms in total. The average molecular weight is 341 g/mol. The van der Waals surface area contributed by atoms with Crippen molar-refractivity contribution in [2.75, 3.05) is 0 Å². The van der Waals surface area contributed by atoms with E-state index in [1.807, 2.05) is 29.6 Å². The number of nitrogens with zero attached hydrogens (tertiary/aromatic N) is 3. The van der Waals surface area contributed by atoms with Crippen LogP contribution in [0.2, 0.25) is 0 Å². The molecule has 0 aliphatic heterocycles. The Bertz CT molecular complexity index is 797. The zero-order valence-corrected chi connectivity index (χ0v) is 14.7. The largest absolute Gasteiger partial charge is 0.487 e. The number of hydrogen-bond acceptors (Lipinski definition) is 6. The maximum absolute atomic E-state index is 5.82. The minimum absolute atomic E-state index is 0.0619. The quantitative estimate of drug-likeness (QED) is 0.679. The van der Waals surface area contributed by atoms with Gasteiger partial charge in [-0.2, -0.15) is 0 Å². The van der Waals surface area contributed by atoms with Crippen LogP contribution in [-0.2, 0) is 12.0 Å². The van der Waals surface area contributed by atoms with Crippen LogP contribution in [0.3, 0.4) is 0 Å². The molecule has 6 heteroatoms. The third-order valence-electron chi connectivity index (χ3n) is 3.14. The molecule has 0 fully saturated rings. The molecular weight excluding hydrogens is 322 g/mol. The molecule has 0 bridgehead atoms. The smallest absolute Gasteiger partial charge is 0.321 e. The van der Waals surface area contributed by atoms with Crippen molar-refractivity contribution < 1.29 is 9.47 Å². The van der Waals surface area contributed by atoms with Gasteiger partial charge in [0.05, 0.1) is 10.7 Å². The van der Waals surface area contributed by atoms with Gasteiger partial charge < -0.3 is 9.47 Å². The summed E-state index contributed by atoms with van der Waals surface area (Å²) < 4.78 is 11.4. The average Bonchev–Trinajstić information content (AvgIpc) is 3.04. The summed E-state index contributed by atoms with van der Waals surface area (Å²) in [6, 6.07) is 9.46. The second kappa shape index (κ2) is 6.97. The zero-order valence-electron chi connectivity index (χ0n) is 13.9. The summed E-state index contributed by atoms with van der Waals surface area (Å²) in [5.74, 6) is 1.35. The van der Waals surface area contributed by atoms with Crippen LogP contribution in [-0.4, -0.2) is 15.0 Å². The van der Waals surface area contributed by atoms with E-state index in [9.17, 15) is 0 Å². The van der Waals surface area contributed by atoms with E-state index in [4.69, 9.17) is 9.47 Å². The fourth-order valence-electron chi connectivity index (χ4n) is 1.95. The highest BCUT2D eigenvalue weighted by Crippen LogP contribution is 2.27. The van der Waals surface area contributed by atoms with Crippen LogP contribution >= 0.6 is 11.3 Å². The summed E-state index contributed by atoms with van der Waals surface area (Å²) in [7, 11) is 0. The third-order valence-corrected chi connectivity index (χ3v) is 4.45. The standard InChI is InChI=1S/C18H19N3O2S/c1-18(2,3)16-21-13(12-24-16)11-22-14-6-4-7-15(10-14)23-17-19-8-5-9-20-17/h4-10,12H,11H2,1-3H3. The summed E-state index contributed by atoms with van der Waals surface area (Å²) in [5.41, 5.74) is 0.995. The number of hydrogen-bond donors (Lipinski definition) is 0. The molecule has 0 atom stereocenters. The van der Waals surface area contributed by atoms with Crippen molar-refractivity contribution in [3.63, 3.8) is 0 Å². The first kappa shape index (κ1) is 16.4. The Labute approximate surface area is 145 Å². The molecule has 3 rings (SSSR count). The van der Waals surface area contributed by atoms with Gasteiger partial charge >= 0.3 is 6.01 Å². The van der Waals surface area contributed by atoms with Gasteiger partial charge in [0.1, 0.15) is 18.1 Å². The highest BCUT2D eigenvalue weighted by molar-refractivity contribution is 7.09. The topological polar surface area (TPSA) is 57.1 Å². The summed E-state index contributed by atoms with van der Waals surface area (Å²) in [6.45, 7) is 6.90. The lowest BCUT2D eigenvalue weighted by molar-refractivity contribution is 0.299. The van der Waals surface area contributed by atoms with Crippen LogP contribution in [0.1, 0.15) is 31.5 Å². The fourth-order valence-corrected chi connectivity index (χ4v) is 2.84. The van der Waals surface area contributed by atoms with E-state index in [0.717, 1.165) is 10.7 Å². The SMILES string of the molecule is CC(C)(C)c1nc(COc2cccc(Oc3ncccn3)c2)cs1. The van der Waals surface area contributed by atoms with Gasteiger partial charge in [-0.15, -0.1) is 11.3 Å². The first-order valence-corrected chi connectivity index (χ1v) is 8.51. The molecule has 124 valence electrons. The number of ether oxygens (including phenoxy) is 2. The highest BCUT2D eigenvalue weighted by atomic mass is 32.1. The monoisotopic (exact) mass is 341 g/mol. The molecule has 1 aromatic carbocycles. The van der Waals surface area contributed by atoms with Crippen LogP contribution in [0.25, 0.3) is 0 Å². The molecule has 0 aliphatic rings. The second-order valence-corrected chi connectivity index (χ2v) is 7.15. The van der Waals surface area contributed by atoms with Crippen molar-refractivity contribution in [1.29, 1.82) is 0 Å². The van der Waals surface area contributed by atoms with Gasteiger partial charge in [0.15, 0.2) is 0 Å². The van der Waals surface area contributed by atoms with Crippen molar-refractivity contribution in [3.8, 4) is 17.5 Å². The van der Waals surface area contributed by atoms with Crippen molar-refractivity contribution in [2.24, 2.45) is 0 Å². The molecular formula is C18H19N3O2S. The van der Waals surface area contributed by atoms with E-state index in [2.05, 4.69) is 35.7 Å². The van der Waals surface area contributed by atoms with E-state index in [1.165, 1.54) is 0 Å². The van der Waals surface area contributed by atoms with Crippen LogP contribution in [0.5, 0.6) is 17.5 Å². The van der Waals surface area contributed by atoms with Crippen LogP contribution < -0.4 is 9.47 Å². The van der Waals surface area contributed by atoms with Gasteiger partial charge in [-0.05, 0) is 18.2 Å². The van der Waals surface area contributed by atoms with Crippen molar-refractivity contribution >= 4 is 11.3 Å². The minimum atomic E-state index is 0.0619. The molecule has 0 saturated heterocycles. The summed E-state index contributed by atoms with van der Waals surface area (Å²) in [4.78, 5) is 12.7. The lowest BCUT2D eigenvalue weighted by atomic mass is 9.98. The van der Waals surface area contributed by atoms with E-state index in [-0.39, 0.29) is 5.41 Å². The zero-order chi connectivity index (χ0) is 17.0. The normalized spacial score (nSPS) is 11.3. The minimum Gasteiger partial charge on any atom is -0.487 e. The van der Waals surface area contributed by atoms with Gasteiger partial charge in [-0.25, -0.2) is 15.0 Å². The lowest BCUT2D eigenvalue weighted by Crippen LogP contribution is -2.10. The molecule has 0 amide bonds. The fraction of sp³-hybridized carbons (Fsp3) is 0.278. The molecule has 3 aromatic rings. The Balaban J connectivity index is 1.63. The molecule has 0 N–H and O–H groups in total. The Morgan fingerprint density at radius 1 is 1.04 bits per heavy atom. The summed E-state index contributed by atoms with van der Waals surface area (Å²) in [6.07, 6.45) is 3.27. The molecule has 0 aliphatic carbocycles. The second-order valence-electron chi connectivity index (χ2n) is 6.29. The molecule has 0 radical (unpaired) electrons. The molecule has 0 spiro atoms. The molecule has 2 heterocycles.